The fourth-order valence-electron chi connectivity index (χ4n) is 1.58. The van der Waals surface area contributed by atoms with Crippen LogP contribution in [0.2, 0.25) is 5.02 Å². The Bertz CT molecular complexity index is 626. The molecule has 0 radical (unpaired) electrons. The van der Waals surface area contributed by atoms with Crippen LogP contribution < -0.4 is 10.7 Å². The average Bonchev–Trinajstić information content (AvgIpc) is 2.49. The van der Waals surface area contributed by atoms with Crippen molar-refractivity contribution in [2.24, 2.45) is 5.10 Å². The van der Waals surface area contributed by atoms with E-state index in [2.05, 4.69) is 15.8 Å². The summed E-state index contributed by atoms with van der Waals surface area (Å²) >= 11 is 5.83. The van der Waals surface area contributed by atoms with Crippen molar-refractivity contribution in [1.82, 2.24) is 5.43 Å². The Hall–Kier alpha value is -2.40. The lowest BCUT2D eigenvalue weighted by Crippen LogP contribution is -2.25. The minimum absolute atomic E-state index is 0.0619. The van der Waals surface area contributed by atoms with Crippen LogP contribution in [-0.2, 0) is 4.79 Å². The van der Waals surface area contributed by atoms with Crippen molar-refractivity contribution in [3.8, 4) is 0 Å². The van der Waals surface area contributed by atoms with E-state index < -0.39 is 5.82 Å². The van der Waals surface area contributed by atoms with Gasteiger partial charge in [-0.3, -0.25) is 4.79 Å². The highest BCUT2D eigenvalue weighted by Gasteiger charge is 2.04. The molecule has 0 aliphatic rings. The quantitative estimate of drug-likeness (QED) is 0.659. The highest BCUT2D eigenvalue weighted by atomic mass is 35.5. The van der Waals surface area contributed by atoms with E-state index in [0.717, 1.165) is 5.69 Å². The highest BCUT2D eigenvalue weighted by molar-refractivity contribution is 6.33. The highest BCUT2D eigenvalue weighted by Crippen LogP contribution is 2.16. The maximum Gasteiger partial charge on any atom is 0.259 e. The molecule has 4 nitrogen and oxygen atoms in total. The van der Waals surface area contributed by atoms with Gasteiger partial charge in [0.2, 0.25) is 0 Å². The molecule has 0 aromatic heterocycles. The van der Waals surface area contributed by atoms with Gasteiger partial charge in [-0.15, -0.1) is 0 Å². The average molecular weight is 306 g/mol. The molecule has 2 rings (SSSR count). The lowest BCUT2D eigenvalue weighted by atomic mass is 10.2. The summed E-state index contributed by atoms with van der Waals surface area (Å²) in [4.78, 5) is 11.6. The summed E-state index contributed by atoms with van der Waals surface area (Å²) in [5.74, 6) is -0.842. The lowest BCUT2D eigenvalue weighted by molar-refractivity contribution is -0.119. The summed E-state index contributed by atoms with van der Waals surface area (Å²) in [6.45, 7) is 0.0619. The van der Waals surface area contributed by atoms with Crippen LogP contribution in [0.3, 0.4) is 0 Å². The zero-order valence-corrected chi connectivity index (χ0v) is 11.8. The lowest BCUT2D eigenvalue weighted by Gasteiger charge is -2.04. The summed E-state index contributed by atoms with van der Waals surface area (Å²) in [5.41, 5.74) is 3.26. The van der Waals surface area contributed by atoms with E-state index in [4.69, 9.17) is 11.6 Å². The van der Waals surface area contributed by atoms with E-state index in [1.807, 2.05) is 30.3 Å². The number of rotatable bonds is 5. The number of hydrogen-bond donors (Lipinski definition) is 2. The van der Waals surface area contributed by atoms with Crippen molar-refractivity contribution in [3.63, 3.8) is 0 Å². The molecule has 0 spiro atoms. The molecule has 21 heavy (non-hydrogen) atoms. The number of para-hydroxylation sites is 1. The zero-order chi connectivity index (χ0) is 15.1. The van der Waals surface area contributed by atoms with E-state index in [1.54, 1.807) is 6.07 Å². The molecule has 6 heteroatoms. The van der Waals surface area contributed by atoms with Crippen LogP contribution in [0, 0.1) is 5.82 Å². The Morgan fingerprint density at radius 1 is 1.19 bits per heavy atom. The first-order valence-electron chi connectivity index (χ1n) is 6.21. The van der Waals surface area contributed by atoms with Crippen molar-refractivity contribution in [1.29, 1.82) is 0 Å². The van der Waals surface area contributed by atoms with Crippen molar-refractivity contribution in [3.05, 3.63) is 64.9 Å². The molecule has 0 saturated heterocycles. The summed E-state index contributed by atoms with van der Waals surface area (Å²) in [7, 11) is 0. The number of nitrogens with one attached hydrogen (secondary N) is 2. The van der Waals surface area contributed by atoms with Gasteiger partial charge in [-0.25, -0.2) is 9.82 Å². The monoisotopic (exact) mass is 305 g/mol. The predicted octanol–water partition coefficient (Wildman–Crippen LogP) is 3.04. The zero-order valence-electron chi connectivity index (χ0n) is 11.0. The van der Waals surface area contributed by atoms with Crippen LogP contribution in [0.5, 0.6) is 0 Å². The summed E-state index contributed by atoms with van der Waals surface area (Å²) in [5, 5.41) is 6.85. The topological polar surface area (TPSA) is 53.5 Å². The third-order valence-corrected chi connectivity index (χ3v) is 2.94. The van der Waals surface area contributed by atoms with E-state index in [1.165, 1.54) is 18.3 Å². The number of benzene rings is 2. The molecule has 2 N–H and O–H groups in total. The molecule has 0 aliphatic heterocycles. The standard InChI is InChI=1S/C15H13ClFN3O/c16-13-7-4-8-14(17)12(13)9-19-20-15(21)10-18-11-5-2-1-3-6-11/h1-9,18H,10H2,(H,20,21)/b19-9+. The van der Waals surface area contributed by atoms with Gasteiger partial charge in [-0.05, 0) is 24.3 Å². The number of nitrogens with zero attached hydrogens (tertiary/aromatic N) is 1. The third-order valence-electron chi connectivity index (χ3n) is 2.61. The minimum Gasteiger partial charge on any atom is -0.376 e. The second-order valence-electron chi connectivity index (χ2n) is 4.15. The molecule has 0 unspecified atom stereocenters. The van der Waals surface area contributed by atoms with Gasteiger partial charge in [0.15, 0.2) is 0 Å². The largest absolute Gasteiger partial charge is 0.376 e. The Labute approximate surface area is 126 Å². The van der Waals surface area contributed by atoms with Gasteiger partial charge in [0.25, 0.3) is 5.91 Å². The first-order chi connectivity index (χ1) is 10.2. The first-order valence-corrected chi connectivity index (χ1v) is 6.59. The summed E-state index contributed by atoms with van der Waals surface area (Å²) < 4.78 is 13.4. The fourth-order valence-corrected chi connectivity index (χ4v) is 1.79. The van der Waals surface area contributed by atoms with Gasteiger partial charge < -0.3 is 5.32 Å². The molecule has 0 atom stereocenters. The Morgan fingerprint density at radius 2 is 1.95 bits per heavy atom. The molecule has 0 heterocycles. The van der Waals surface area contributed by atoms with Crippen LogP contribution in [0.15, 0.2) is 53.6 Å². The molecule has 2 aromatic rings. The van der Waals surface area contributed by atoms with Gasteiger partial charge in [0, 0.05) is 11.3 Å². The molecule has 0 fully saturated rings. The molecule has 0 saturated carbocycles. The van der Waals surface area contributed by atoms with Crippen LogP contribution in [0.25, 0.3) is 0 Å². The number of halogens is 2. The molecule has 1 amide bonds. The maximum atomic E-state index is 13.4. The molecular weight excluding hydrogens is 293 g/mol. The number of anilines is 1. The first kappa shape index (κ1) is 15.0. The Kier molecular flexibility index (Phi) is 5.29. The van der Waals surface area contributed by atoms with E-state index in [-0.39, 0.29) is 23.0 Å². The van der Waals surface area contributed by atoms with Crippen LogP contribution >= 0.6 is 11.6 Å². The Morgan fingerprint density at radius 3 is 2.67 bits per heavy atom. The van der Waals surface area contributed by atoms with Gasteiger partial charge in [-0.2, -0.15) is 5.10 Å². The second-order valence-corrected chi connectivity index (χ2v) is 4.56. The second kappa shape index (κ2) is 7.40. The van der Waals surface area contributed by atoms with E-state index in [9.17, 15) is 9.18 Å². The number of carbonyl (C=O) groups is 1. The Balaban J connectivity index is 1.85. The predicted molar refractivity (Wildman–Crippen MR) is 82.1 cm³/mol. The molecule has 0 bridgehead atoms. The fraction of sp³-hybridized carbons (Fsp3) is 0.0667. The molecule has 108 valence electrons. The van der Waals surface area contributed by atoms with Crippen LogP contribution in [0.1, 0.15) is 5.56 Å². The number of hydrazone groups is 1. The number of carbonyl (C=O) groups excluding carboxylic acids is 1. The third kappa shape index (κ3) is 4.57. The molecule has 0 aliphatic carbocycles. The number of amides is 1. The molecular formula is C15H13ClFN3O. The SMILES string of the molecule is O=C(CNc1ccccc1)N/N=C/c1c(F)cccc1Cl. The normalized spacial score (nSPS) is 10.6. The van der Waals surface area contributed by atoms with Gasteiger partial charge in [-0.1, -0.05) is 35.9 Å². The van der Waals surface area contributed by atoms with Gasteiger partial charge in [0.05, 0.1) is 17.8 Å². The van der Waals surface area contributed by atoms with Crippen LogP contribution in [0.4, 0.5) is 10.1 Å². The summed E-state index contributed by atoms with van der Waals surface area (Å²) in [6, 6.07) is 13.6. The minimum atomic E-state index is -0.497. The molecule has 2 aromatic carbocycles. The van der Waals surface area contributed by atoms with Crippen molar-refractivity contribution in [2.75, 3.05) is 11.9 Å². The van der Waals surface area contributed by atoms with Gasteiger partial charge >= 0.3 is 0 Å². The van der Waals surface area contributed by atoms with E-state index in [0.29, 0.717) is 0 Å². The smallest absolute Gasteiger partial charge is 0.259 e. The van der Waals surface area contributed by atoms with Crippen molar-refractivity contribution in [2.45, 2.75) is 0 Å². The maximum absolute atomic E-state index is 13.4. The van der Waals surface area contributed by atoms with Crippen LogP contribution in [-0.4, -0.2) is 18.7 Å². The number of hydrogen-bond acceptors (Lipinski definition) is 3. The van der Waals surface area contributed by atoms with Gasteiger partial charge in [0.1, 0.15) is 5.82 Å². The van der Waals surface area contributed by atoms with Crippen molar-refractivity contribution < 1.29 is 9.18 Å². The summed E-state index contributed by atoms with van der Waals surface area (Å²) in [6.07, 6.45) is 1.18. The van der Waals surface area contributed by atoms with E-state index >= 15 is 0 Å². The van der Waals surface area contributed by atoms with Crippen molar-refractivity contribution >= 4 is 29.4 Å².